The Hall–Kier alpha value is -2.37. The number of aliphatic carboxylic acids is 1. The lowest BCUT2D eigenvalue weighted by atomic mass is 10.1. The zero-order valence-electron chi connectivity index (χ0n) is 11.5. The van der Waals surface area contributed by atoms with Crippen LogP contribution in [0.15, 0.2) is 24.3 Å². The number of carboxylic acid groups (broad SMARTS) is 1. The number of benzene rings is 1. The molecule has 2 amide bonds. The van der Waals surface area contributed by atoms with Gasteiger partial charge in [-0.05, 0) is 19.1 Å². The molecule has 20 heavy (non-hydrogen) atoms. The predicted octanol–water partition coefficient (Wildman–Crippen LogP) is 0.658. The van der Waals surface area contributed by atoms with Crippen molar-refractivity contribution < 1.29 is 19.5 Å². The molecule has 0 aliphatic carbocycles. The maximum atomic E-state index is 11.8. The summed E-state index contributed by atoms with van der Waals surface area (Å²) >= 11 is 0. The third-order valence-electron chi connectivity index (χ3n) is 2.80. The monoisotopic (exact) mass is 278 g/mol. The van der Waals surface area contributed by atoms with E-state index in [1.54, 1.807) is 12.1 Å². The number of aryl methyl sites for hydroxylation is 1. The summed E-state index contributed by atoms with van der Waals surface area (Å²) in [5, 5.41) is 11.0. The number of rotatable bonds is 6. The van der Waals surface area contributed by atoms with Crippen LogP contribution in [0.1, 0.15) is 22.3 Å². The van der Waals surface area contributed by atoms with Gasteiger partial charge in [-0.1, -0.05) is 17.7 Å². The van der Waals surface area contributed by atoms with Crippen LogP contribution in [0, 0.1) is 6.92 Å². The van der Waals surface area contributed by atoms with Gasteiger partial charge in [0.25, 0.3) is 5.91 Å². The van der Waals surface area contributed by atoms with Gasteiger partial charge in [0.05, 0.1) is 13.0 Å². The van der Waals surface area contributed by atoms with Crippen molar-refractivity contribution in [1.29, 1.82) is 0 Å². The lowest BCUT2D eigenvalue weighted by molar-refractivity contribution is -0.138. The molecule has 108 valence electrons. The van der Waals surface area contributed by atoms with E-state index in [1.165, 1.54) is 11.9 Å². The number of carboxylic acids is 1. The van der Waals surface area contributed by atoms with Crippen LogP contribution in [0.2, 0.25) is 0 Å². The summed E-state index contributed by atoms with van der Waals surface area (Å²) < 4.78 is 0. The minimum Gasteiger partial charge on any atom is -0.481 e. The van der Waals surface area contributed by atoms with Gasteiger partial charge >= 0.3 is 5.97 Å². The van der Waals surface area contributed by atoms with Gasteiger partial charge < -0.3 is 15.3 Å². The second-order valence-corrected chi connectivity index (χ2v) is 4.51. The Morgan fingerprint density at radius 1 is 1.20 bits per heavy atom. The number of nitrogens with zero attached hydrogens (tertiary/aromatic N) is 1. The van der Waals surface area contributed by atoms with Crippen LogP contribution in [-0.2, 0) is 9.59 Å². The zero-order chi connectivity index (χ0) is 15.1. The highest BCUT2D eigenvalue weighted by Crippen LogP contribution is 2.02. The maximum absolute atomic E-state index is 11.8. The second-order valence-electron chi connectivity index (χ2n) is 4.51. The zero-order valence-corrected chi connectivity index (χ0v) is 11.5. The fourth-order valence-corrected chi connectivity index (χ4v) is 1.49. The molecule has 1 aromatic carbocycles. The first-order chi connectivity index (χ1) is 9.40. The number of likely N-dealkylation sites (N-methyl/N-ethyl adjacent to an activating group) is 1. The van der Waals surface area contributed by atoms with Crippen LogP contribution in [0.25, 0.3) is 0 Å². The van der Waals surface area contributed by atoms with Gasteiger partial charge in [-0.3, -0.25) is 14.4 Å². The largest absolute Gasteiger partial charge is 0.481 e. The summed E-state index contributed by atoms with van der Waals surface area (Å²) in [4.78, 5) is 35.1. The molecule has 0 bridgehead atoms. The van der Waals surface area contributed by atoms with Gasteiger partial charge in [0.15, 0.2) is 0 Å². The molecule has 6 heteroatoms. The smallest absolute Gasteiger partial charge is 0.305 e. The Morgan fingerprint density at radius 2 is 1.80 bits per heavy atom. The molecule has 0 spiro atoms. The minimum absolute atomic E-state index is 0.117. The average molecular weight is 278 g/mol. The van der Waals surface area contributed by atoms with E-state index in [1.807, 2.05) is 19.1 Å². The first-order valence-electron chi connectivity index (χ1n) is 6.21. The van der Waals surface area contributed by atoms with Crippen molar-refractivity contribution in [2.45, 2.75) is 13.3 Å². The molecule has 0 atom stereocenters. The van der Waals surface area contributed by atoms with E-state index >= 15 is 0 Å². The van der Waals surface area contributed by atoms with Crippen molar-refractivity contribution in [3.63, 3.8) is 0 Å². The highest BCUT2D eigenvalue weighted by molar-refractivity contribution is 5.96. The molecule has 0 aliphatic rings. The Morgan fingerprint density at radius 3 is 2.35 bits per heavy atom. The van der Waals surface area contributed by atoms with Crippen molar-refractivity contribution in [3.8, 4) is 0 Å². The molecule has 0 aliphatic heterocycles. The summed E-state index contributed by atoms with van der Waals surface area (Å²) in [6.45, 7) is 1.89. The van der Waals surface area contributed by atoms with Crippen LogP contribution in [0.5, 0.6) is 0 Å². The highest BCUT2D eigenvalue weighted by atomic mass is 16.4. The molecule has 1 rings (SSSR count). The van der Waals surface area contributed by atoms with E-state index in [-0.39, 0.29) is 31.3 Å². The standard InChI is InChI=1S/C14H18N2O4/c1-10-3-5-11(6-4-10)14(20)15-9-12(17)16(2)8-7-13(18)19/h3-6H,7-9H2,1-2H3,(H,15,20)(H,18,19). The number of hydrogen-bond donors (Lipinski definition) is 2. The number of nitrogens with one attached hydrogen (secondary N) is 1. The van der Waals surface area contributed by atoms with Crippen molar-refractivity contribution in [2.75, 3.05) is 20.1 Å². The molecule has 1 aromatic rings. The SMILES string of the molecule is Cc1ccc(C(=O)NCC(=O)N(C)CCC(=O)O)cc1. The lowest BCUT2D eigenvalue weighted by Gasteiger charge is -2.16. The van der Waals surface area contributed by atoms with E-state index in [9.17, 15) is 14.4 Å². The third kappa shape index (κ3) is 5.09. The Labute approximate surface area is 117 Å². The fraction of sp³-hybridized carbons (Fsp3) is 0.357. The normalized spacial score (nSPS) is 9.90. The van der Waals surface area contributed by atoms with Crippen LogP contribution in [-0.4, -0.2) is 47.9 Å². The van der Waals surface area contributed by atoms with Crippen molar-refractivity contribution >= 4 is 17.8 Å². The lowest BCUT2D eigenvalue weighted by Crippen LogP contribution is -2.38. The summed E-state index contributed by atoms with van der Waals surface area (Å²) in [7, 11) is 1.50. The molecule has 0 aromatic heterocycles. The van der Waals surface area contributed by atoms with E-state index in [0.29, 0.717) is 5.56 Å². The van der Waals surface area contributed by atoms with Crippen LogP contribution in [0.3, 0.4) is 0 Å². The average Bonchev–Trinajstić information content (AvgIpc) is 2.42. The van der Waals surface area contributed by atoms with Gasteiger partial charge in [0, 0.05) is 19.2 Å². The van der Waals surface area contributed by atoms with Crippen LogP contribution >= 0.6 is 0 Å². The quantitative estimate of drug-likeness (QED) is 0.800. The van der Waals surface area contributed by atoms with Crippen molar-refractivity contribution in [3.05, 3.63) is 35.4 Å². The molecular weight excluding hydrogens is 260 g/mol. The predicted molar refractivity (Wildman–Crippen MR) is 73.4 cm³/mol. The number of carbonyl (C=O) groups excluding carboxylic acids is 2. The van der Waals surface area contributed by atoms with Gasteiger partial charge in [-0.2, -0.15) is 0 Å². The molecule has 0 radical (unpaired) electrons. The van der Waals surface area contributed by atoms with Crippen LogP contribution in [0.4, 0.5) is 0 Å². The topological polar surface area (TPSA) is 86.7 Å². The number of hydrogen-bond acceptors (Lipinski definition) is 3. The maximum Gasteiger partial charge on any atom is 0.305 e. The second kappa shape index (κ2) is 7.28. The Kier molecular flexibility index (Phi) is 5.71. The highest BCUT2D eigenvalue weighted by Gasteiger charge is 2.12. The van der Waals surface area contributed by atoms with E-state index in [0.717, 1.165) is 5.56 Å². The van der Waals surface area contributed by atoms with Crippen LogP contribution < -0.4 is 5.32 Å². The summed E-state index contributed by atoms with van der Waals surface area (Å²) in [5.74, 6) is -1.62. The molecule has 0 saturated carbocycles. The molecule has 0 heterocycles. The van der Waals surface area contributed by atoms with E-state index in [2.05, 4.69) is 5.32 Å². The first-order valence-corrected chi connectivity index (χ1v) is 6.21. The number of carbonyl (C=O) groups is 3. The van der Waals surface area contributed by atoms with Crippen molar-refractivity contribution in [1.82, 2.24) is 10.2 Å². The van der Waals surface area contributed by atoms with Gasteiger partial charge in [-0.25, -0.2) is 0 Å². The summed E-state index contributed by atoms with van der Waals surface area (Å²) in [6, 6.07) is 7.00. The van der Waals surface area contributed by atoms with Crippen molar-refractivity contribution in [2.24, 2.45) is 0 Å². The summed E-state index contributed by atoms with van der Waals surface area (Å²) in [6.07, 6.45) is -0.117. The first kappa shape index (κ1) is 15.7. The Bertz CT molecular complexity index is 496. The van der Waals surface area contributed by atoms with Gasteiger partial charge in [-0.15, -0.1) is 0 Å². The molecule has 0 saturated heterocycles. The minimum atomic E-state index is -0.964. The van der Waals surface area contributed by atoms with Gasteiger partial charge in [0.1, 0.15) is 0 Å². The van der Waals surface area contributed by atoms with E-state index < -0.39 is 5.97 Å². The molecule has 2 N–H and O–H groups in total. The van der Waals surface area contributed by atoms with Gasteiger partial charge in [0.2, 0.25) is 5.91 Å². The molecule has 0 unspecified atom stereocenters. The number of amides is 2. The Balaban J connectivity index is 2.42. The fourth-order valence-electron chi connectivity index (χ4n) is 1.49. The molecule has 6 nitrogen and oxygen atoms in total. The molecular formula is C14H18N2O4. The van der Waals surface area contributed by atoms with E-state index in [4.69, 9.17) is 5.11 Å². The summed E-state index contributed by atoms with van der Waals surface area (Å²) in [5.41, 5.74) is 1.53. The third-order valence-corrected chi connectivity index (χ3v) is 2.80. The molecule has 0 fully saturated rings.